The second kappa shape index (κ2) is 9.95. The van der Waals surface area contributed by atoms with E-state index in [1.807, 2.05) is 6.07 Å². The molecule has 1 aliphatic rings. The predicted molar refractivity (Wildman–Crippen MR) is 127 cm³/mol. The Morgan fingerprint density at radius 3 is 2.45 bits per heavy atom. The molecule has 0 aliphatic carbocycles. The molecule has 0 spiro atoms. The van der Waals surface area contributed by atoms with Crippen molar-refractivity contribution in [1.29, 1.82) is 0 Å². The van der Waals surface area contributed by atoms with Crippen LogP contribution in [0.15, 0.2) is 18.2 Å². The Morgan fingerprint density at radius 2 is 1.88 bits per heavy atom. The van der Waals surface area contributed by atoms with E-state index in [9.17, 15) is 14.7 Å². The van der Waals surface area contributed by atoms with Crippen molar-refractivity contribution in [3.05, 3.63) is 46.0 Å². The summed E-state index contributed by atoms with van der Waals surface area (Å²) >= 11 is 6.60. The van der Waals surface area contributed by atoms with Gasteiger partial charge in [-0.2, -0.15) is 0 Å². The molecule has 3 rings (SSSR count). The molecule has 1 fully saturated rings. The van der Waals surface area contributed by atoms with Crippen LogP contribution in [0.2, 0.25) is 5.02 Å². The highest BCUT2D eigenvalue weighted by Gasteiger charge is 2.25. The van der Waals surface area contributed by atoms with Crippen molar-refractivity contribution in [2.75, 3.05) is 24.5 Å². The lowest BCUT2D eigenvalue weighted by molar-refractivity contribution is -0.135. The number of aromatic hydroxyl groups is 1. The van der Waals surface area contributed by atoms with Crippen molar-refractivity contribution in [1.82, 2.24) is 15.3 Å². The summed E-state index contributed by atoms with van der Waals surface area (Å²) in [4.78, 5) is 33.8. The van der Waals surface area contributed by atoms with Gasteiger partial charge in [-0.1, -0.05) is 38.4 Å². The molecule has 0 radical (unpaired) electrons. The van der Waals surface area contributed by atoms with Crippen LogP contribution >= 0.6 is 11.6 Å². The van der Waals surface area contributed by atoms with Gasteiger partial charge in [0.1, 0.15) is 12.4 Å². The number of carboxylic acids is 1. The van der Waals surface area contributed by atoms with Gasteiger partial charge in [-0.15, -0.1) is 0 Å². The Hall–Kier alpha value is -2.87. The van der Waals surface area contributed by atoms with Gasteiger partial charge in [-0.05, 0) is 48.8 Å². The molecule has 0 unspecified atom stereocenters. The average Bonchev–Trinajstić information content (AvgIpc) is 2.74. The summed E-state index contributed by atoms with van der Waals surface area (Å²) in [6.45, 7) is 9.24. The minimum absolute atomic E-state index is 0.0425. The molecule has 2 aromatic rings. The number of hydrogen-bond donors (Lipinski definition) is 3. The Kier molecular flexibility index (Phi) is 7.47. The summed E-state index contributed by atoms with van der Waals surface area (Å²) in [5.41, 5.74) is 2.39. The monoisotopic (exact) mass is 474 g/mol. The molecule has 178 valence electrons. The standard InChI is InChI=1S/C24H31ClN4O4/c1-14-22(32)21(23(33)26-13-20(30)31)28-19(27-14)11-15-7-9-29(10-8-15)18-6-5-16(12-17(18)25)24(2,3)4/h5-6,12,15,32H,7-11,13H2,1-4H3,(H,26,33)(H,30,31). The molecule has 1 aliphatic heterocycles. The third-order valence-corrected chi connectivity index (χ3v) is 6.26. The first-order chi connectivity index (χ1) is 15.5. The summed E-state index contributed by atoms with van der Waals surface area (Å²) < 4.78 is 0. The number of carboxylic acid groups (broad SMARTS) is 1. The van der Waals surface area contributed by atoms with Crippen LogP contribution in [0.3, 0.4) is 0 Å². The normalized spacial score (nSPS) is 14.9. The van der Waals surface area contributed by atoms with Crippen LogP contribution in [0.5, 0.6) is 5.75 Å². The van der Waals surface area contributed by atoms with E-state index >= 15 is 0 Å². The van der Waals surface area contributed by atoms with Gasteiger partial charge in [0.15, 0.2) is 11.4 Å². The van der Waals surface area contributed by atoms with E-state index in [1.165, 1.54) is 5.56 Å². The number of rotatable bonds is 6. The van der Waals surface area contributed by atoms with Crippen LogP contribution in [-0.4, -0.2) is 51.7 Å². The van der Waals surface area contributed by atoms with Crippen molar-refractivity contribution in [3.63, 3.8) is 0 Å². The molecular weight excluding hydrogens is 444 g/mol. The summed E-state index contributed by atoms with van der Waals surface area (Å²) in [6.07, 6.45) is 2.41. The van der Waals surface area contributed by atoms with E-state index in [0.717, 1.165) is 36.6 Å². The molecule has 9 heteroatoms. The van der Waals surface area contributed by atoms with Crippen LogP contribution in [0.4, 0.5) is 5.69 Å². The number of aliphatic carboxylic acids is 1. The van der Waals surface area contributed by atoms with Gasteiger partial charge in [0, 0.05) is 19.5 Å². The molecule has 1 amide bonds. The maximum atomic E-state index is 12.2. The van der Waals surface area contributed by atoms with Crippen molar-refractivity contribution >= 4 is 29.2 Å². The van der Waals surface area contributed by atoms with E-state index in [1.54, 1.807) is 6.92 Å². The molecule has 0 saturated carbocycles. The smallest absolute Gasteiger partial charge is 0.322 e. The SMILES string of the molecule is Cc1nc(CC2CCN(c3ccc(C(C)(C)C)cc3Cl)CC2)nc(C(=O)NCC(=O)O)c1O. The molecule has 2 heterocycles. The summed E-state index contributed by atoms with van der Waals surface area (Å²) in [5, 5.41) is 21.9. The lowest BCUT2D eigenvalue weighted by atomic mass is 9.87. The highest BCUT2D eigenvalue weighted by Crippen LogP contribution is 2.34. The first-order valence-corrected chi connectivity index (χ1v) is 11.4. The first kappa shape index (κ1) is 24.8. The molecule has 33 heavy (non-hydrogen) atoms. The zero-order valence-electron chi connectivity index (χ0n) is 19.5. The van der Waals surface area contributed by atoms with Crippen molar-refractivity contribution in [2.24, 2.45) is 5.92 Å². The van der Waals surface area contributed by atoms with E-state index in [4.69, 9.17) is 16.7 Å². The number of benzene rings is 1. The van der Waals surface area contributed by atoms with Gasteiger partial charge in [0.05, 0.1) is 16.4 Å². The van der Waals surface area contributed by atoms with E-state index < -0.39 is 18.4 Å². The summed E-state index contributed by atoms with van der Waals surface area (Å²) in [7, 11) is 0. The topological polar surface area (TPSA) is 116 Å². The molecule has 1 saturated heterocycles. The lowest BCUT2D eigenvalue weighted by Gasteiger charge is -2.34. The third kappa shape index (κ3) is 6.13. The van der Waals surface area contributed by atoms with Gasteiger partial charge in [0.25, 0.3) is 5.91 Å². The number of carbonyl (C=O) groups excluding carboxylic acids is 1. The minimum Gasteiger partial charge on any atom is -0.504 e. The van der Waals surface area contributed by atoms with Crippen LogP contribution in [0.25, 0.3) is 0 Å². The fraction of sp³-hybridized carbons (Fsp3) is 0.500. The van der Waals surface area contributed by atoms with E-state index in [-0.39, 0.29) is 16.9 Å². The number of hydrogen-bond acceptors (Lipinski definition) is 6. The number of anilines is 1. The fourth-order valence-electron chi connectivity index (χ4n) is 3.98. The number of nitrogens with zero attached hydrogens (tertiary/aromatic N) is 3. The number of aryl methyl sites for hydroxylation is 1. The molecular formula is C24H31ClN4O4. The van der Waals surface area contributed by atoms with Crippen molar-refractivity contribution < 1.29 is 19.8 Å². The number of carbonyl (C=O) groups is 2. The minimum atomic E-state index is -1.17. The molecule has 1 aromatic carbocycles. The number of amides is 1. The van der Waals surface area contributed by atoms with Crippen molar-refractivity contribution in [3.8, 4) is 5.75 Å². The van der Waals surface area contributed by atoms with Crippen LogP contribution in [0, 0.1) is 12.8 Å². The summed E-state index contributed by atoms with van der Waals surface area (Å²) in [6, 6.07) is 6.28. The summed E-state index contributed by atoms with van der Waals surface area (Å²) in [5.74, 6) is -1.44. The van der Waals surface area contributed by atoms with Crippen LogP contribution in [-0.2, 0) is 16.6 Å². The largest absolute Gasteiger partial charge is 0.504 e. The molecule has 3 N–H and O–H groups in total. The predicted octanol–water partition coefficient (Wildman–Crippen LogP) is 3.72. The molecule has 1 aromatic heterocycles. The Bertz CT molecular complexity index is 1040. The number of aromatic nitrogens is 2. The third-order valence-electron chi connectivity index (χ3n) is 5.96. The average molecular weight is 475 g/mol. The Labute approximate surface area is 199 Å². The molecule has 0 atom stereocenters. The second-order valence-corrected chi connectivity index (χ2v) is 9.96. The zero-order chi connectivity index (χ0) is 24.3. The highest BCUT2D eigenvalue weighted by atomic mass is 35.5. The Morgan fingerprint density at radius 1 is 1.21 bits per heavy atom. The number of nitrogens with one attached hydrogen (secondary N) is 1. The fourth-order valence-corrected chi connectivity index (χ4v) is 4.28. The van der Waals surface area contributed by atoms with Crippen LogP contribution < -0.4 is 10.2 Å². The first-order valence-electron chi connectivity index (χ1n) is 11.1. The van der Waals surface area contributed by atoms with E-state index in [2.05, 4.69) is 53.1 Å². The van der Waals surface area contributed by atoms with Gasteiger partial charge in [-0.3, -0.25) is 9.59 Å². The van der Waals surface area contributed by atoms with Crippen molar-refractivity contribution in [2.45, 2.75) is 52.4 Å². The Balaban J connectivity index is 1.65. The van der Waals surface area contributed by atoms with Gasteiger partial charge < -0.3 is 20.4 Å². The highest BCUT2D eigenvalue weighted by molar-refractivity contribution is 6.33. The molecule has 0 bridgehead atoms. The number of halogens is 1. The second-order valence-electron chi connectivity index (χ2n) is 9.55. The van der Waals surface area contributed by atoms with Gasteiger partial charge in [-0.25, -0.2) is 9.97 Å². The van der Waals surface area contributed by atoms with Gasteiger partial charge in [0.2, 0.25) is 0 Å². The quantitative estimate of drug-likeness (QED) is 0.584. The maximum absolute atomic E-state index is 12.2. The number of piperidine rings is 1. The van der Waals surface area contributed by atoms with E-state index in [0.29, 0.717) is 23.9 Å². The van der Waals surface area contributed by atoms with Crippen LogP contribution in [0.1, 0.15) is 61.2 Å². The van der Waals surface area contributed by atoms with Gasteiger partial charge >= 0.3 is 5.97 Å². The lowest BCUT2D eigenvalue weighted by Crippen LogP contribution is -2.35. The maximum Gasteiger partial charge on any atom is 0.322 e. The zero-order valence-corrected chi connectivity index (χ0v) is 20.2. The molecule has 8 nitrogen and oxygen atoms in total.